The molecule has 1 aliphatic carbocycles. The van der Waals surface area contributed by atoms with Crippen LogP contribution in [0, 0.1) is 5.92 Å². The van der Waals surface area contributed by atoms with Crippen molar-refractivity contribution in [3.8, 4) is 0 Å². The van der Waals surface area contributed by atoms with Gasteiger partial charge in [0.1, 0.15) is 0 Å². The lowest BCUT2D eigenvalue weighted by molar-refractivity contribution is 0.0668. The Morgan fingerprint density at radius 2 is 2.12 bits per heavy atom. The molecule has 1 atom stereocenters. The summed E-state index contributed by atoms with van der Waals surface area (Å²) in [5.74, 6) is 2.43. The van der Waals surface area contributed by atoms with Gasteiger partial charge in [-0.2, -0.15) is 4.98 Å². The van der Waals surface area contributed by atoms with Crippen molar-refractivity contribution in [1.82, 2.24) is 15.0 Å². The van der Waals surface area contributed by atoms with E-state index in [2.05, 4.69) is 10.1 Å². The molecule has 2 aliphatic rings. The molecule has 24 heavy (non-hydrogen) atoms. The Hall–Kier alpha value is -1.88. The minimum atomic E-state index is 0.00879. The normalized spacial score (nSPS) is 21.0. The number of hydrogen-bond donors (Lipinski definition) is 0. The van der Waals surface area contributed by atoms with Crippen molar-refractivity contribution in [1.29, 1.82) is 0 Å². The number of carbonyl (C=O) groups excluding carboxylic acids is 1. The van der Waals surface area contributed by atoms with Crippen molar-refractivity contribution in [3.05, 3.63) is 46.6 Å². The summed E-state index contributed by atoms with van der Waals surface area (Å²) in [6.07, 6.45) is 5.15. The van der Waals surface area contributed by atoms with Crippen LogP contribution in [0.1, 0.15) is 53.7 Å². The lowest BCUT2D eigenvalue weighted by atomic mass is 9.94. The summed E-state index contributed by atoms with van der Waals surface area (Å²) in [6.45, 7) is 1.49. The Bertz CT molecular complexity index is 741. The molecule has 1 aromatic carbocycles. The van der Waals surface area contributed by atoms with Gasteiger partial charge in [0, 0.05) is 25.4 Å². The standard InChI is InChI=1S/C18H20ClN3O2/c19-15-6-2-1-5-14(15)18(23)22-9-3-4-12(11-22)10-16-20-17(21-24-16)13-7-8-13/h1-2,5-6,12-13H,3-4,7-11H2. The van der Waals surface area contributed by atoms with E-state index in [1.54, 1.807) is 12.1 Å². The van der Waals surface area contributed by atoms with Gasteiger partial charge in [0.15, 0.2) is 5.82 Å². The van der Waals surface area contributed by atoms with E-state index in [0.29, 0.717) is 34.9 Å². The number of hydrogen-bond acceptors (Lipinski definition) is 4. The highest BCUT2D eigenvalue weighted by Gasteiger charge is 2.30. The van der Waals surface area contributed by atoms with Crippen molar-refractivity contribution in [3.63, 3.8) is 0 Å². The first kappa shape index (κ1) is 15.6. The van der Waals surface area contributed by atoms with Crippen LogP contribution in [0.5, 0.6) is 0 Å². The van der Waals surface area contributed by atoms with Gasteiger partial charge >= 0.3 is 0 Å². The molecule has 2 aromatic rings. The molecule has 4 rings (SSSR count). The third kappa shape index (κ3) is 3.31. The smallest absolute Gasteiger partial charge is 0.255 e. The van der Waals surface area contributed by atoms with Gasteiger partial charge < -0.3 is 9.42 Å². The van der Waals surface area contributed by atoms with Crippen LogP contribution in [0.3, 0.4) is 0 Å². The van der Waals surface area contributed by atoms with E-state index < -0.39 is 0 Å². The average Bonchev–Trinajstić information content (AvgIpc) is 3.35. The maximum atomic E-state index is 12.7. The predicted molar refractivity (Wildman–Crippen MR) is 90.1 cm³/mol. The third-order valence-electron chi connectivity index (χ3n) is 4.80. The van der Waals surface area contributed by atoms with E-state index in [0.717, 1.165) is 31.6 Å². The summed E-state index contributed by atoms with van der Waals surface area (Å²) in [7, 11) is 0. The Balaban J connectivity index is 1.41. The Morgan fingerprint density at radius 3 is 2.92 bits per heavy atom. The first-order valence-corrected chi connectivity index (χ1v) is 8.95. The van der Waals surface area contributed by atoms with E-state index in [1.165, 1.54) is 12.8 Å². The largest absolute Gasteiger partial charge is 0.339 e. The van der Waals surface area contributed by atoms with Crippen molar-refractivity contribution in [2.45, 2.75) is 38.0 Å². The SMILES string of the molecule is O=C(c1ccccc1Cl)N1CCCC(Cc2nc(C3CC3)no2)C1. The lowest BCUT2D eigenvalue weighted by Crippen LogP contribution is -2.40. The monoisotopic (exact) mass is 345 g/mol. The maximum Gasteiger partial charge on any atom is 0.255 e. The topological polar surface area (TPSA) is 59.2 Å². The van der Waals surface area contributed by atoms with E-state index in [1.807, 2.05) is 17.0 Å². The van der Waals surface area contributed by atoms with Crippen LogP contribution >= 0.6 is 11.6 Å². The fraction of sp³-hybridized carbons (Fsp3) is 0.500. The molecule has 126 valence electrons. The number of halogens is 1. The molecular formula is C18H20ClN3O2. The first-order valence-electron chi connectivity index (χ1n) is 8.57. The molecule has 0 N–H and O–H groups in total. The Morgan fingerprint density at radius 1 is 1.29 bits per heavy atom. The molecule has 1 saturated heterocycles. The number of piperidine rings is 1. The number of nitrogens with zero attached hydrogens (tertiary/aromatic N) is 3. The number of benzene rings is 1. The van der Waals surface area contributed by atoms with Gasteiger partial charge in [-0.25, -0.2) is 0 Å². The zero-order valence-electron chi connectivity index (χ0n) is 13.4. The summed E-state index contributed by atoms with van der Waals surface area (Å²) in [5, 5.41) is 4.58. The summed E-state index contributed by atoms with van der Waals surface area (Å²) in [5.41, 5.74) is 0.577. The molecule has 1 unspecified atom stereocenters. The van der Waals surface area contributed by atoms with Gasteiger partial charge in [-0.3, -0.25) is 4.79 Å². The number of amides is 1. The van der Waals surface area contributed by atoms with E-state index in [-0.39, 0.29) is 5.91 Å². The lowest BCUT2D eigenvalue weighted by Gasteiger charge is -2.32. The summed E-state index contributed by atoms with van der Waals surface area (Å²) >= 11 is 6.16. The molecular weight excluding hydrogens is 326 g/mol. The van der Waals surface area contributed by atoms with E-state index >= 15 is 0 Å². The fourth-order valence-corrected chi connectivity index (χ4v) is 3.54. The average molecular weight is 346 g/mol. The highest BCUT2D eigenvalue weighted by molar-refractivity contribution is 6.33. The molecule has 2 heterocycles. The predicted octanol–water partition coefficient (Wildman–Crippen LogP) is 3.70. The summed E-state index contributed by atoms with van der Waals surface area (Å²) in [4.78, 5) is 19.1. The highest BCUT2D eigenvalue weighted by atomic mass is 35.5. The number of rotatable bonds is 4. The van der Waals surface area contributed by atoms with Crippen LogP contribution in [-0.2, 0) is 6.42 Å². The molecule has 2 fully saturated rings. The van der Waals surface area contributed by atoms with Crippen molar-refractivity contribution in [2.75, 3.05) is 13.1 Å². The number of aromatic nitrogens is 2. The van der Waals surface area contributed by atoms with Gasteiger partial charge in [0.2, 0.25) is 5.89 Å². The first-order chi connectivity index (χ1) is 11.7. The molecule has 6 heteroatoms. The second kappa shape index (κ2) is 6.55. The molecule has 1 saturated carbocycles. The van der Waals surface area contributed by atoms with Crippen LogP contribution in [0.2, 0.25) is 5.02 Å². The minimum absolute atomic E-state index is 0.00879. The van der Waals surface area contributed by atoms with Gasteiger partial charge in [-0.05, 0) is 43.7 Å². The molecule has 0 bridgehead atoms. The fourth-order valence-electron chi connectivity index (χ4n) is 3.33. The second-order valence-electron chi connectivity index (χ2n) is 6.76. The number of carbonyl (C=O) groups is 1. The quantitative estimate of drug-likeness (QED) is 0.847. The van der Waals surface area contributed by atoms with Crippen LogP contribution in [-0.4, -0.2) is 34.0 Å². The molecule has 1 aromatic heterocycles. The zero-order valence-corrected chi connectivity index (χ0v) is 14.2. The minimum Gasteiger partial charge on any atom is -0.339 e. The van der Waals surface area contributed by atoms with Gasteiger partial charge in [0.05, 0.1) is 10.6 Å². The Labute approximate surface area is 146 Å². The highest BCUT2D eigenvalue weighted by Crippen LogP contribution is 2.38. The van der Waals surface area contributed by atoms with Gasteiger partial charge in [-0.15, -0.1) is 0 Å². The molecule has 0 radical (unpaired) electrons. The van der Waals surface area contributed by atoms with Crippen LogP contribution < -0.4 is 0 Å². The van der Waals surface area contributed by atoms with Crippen molar-refractivity contribution >= 4 is 17.5 Å². The molecule has 5 nitrogen and oxygen atoms in total. The maximum absolute atomic E-state index is 12.7. The van der Waals surface area contributed by atoms with Gasteiger partial charge in [-0.1, -0.05) is 28.9 Å². The third-order valence-corrected chi connectivity index (χ3v) is 5.13. The number of likely N-dealkylation sites (tertiary alicyclic amines) is 1. The van der Waals surface area contributed by atoms with Crippen molar-refractivity contribution < 1.29 is 9.32 Å². The van der Waals surface area contributed by atoms with E-state index in [9.17, 15) is 4.79 Å². The molecule has 1 amide bonds. The Kier molecular flexibility index (Phi) is 4.27. The van der Waals surface area contributed by atoms with Crippen LogP contribution in [0.4, 0.5) is 0 Å². The second-order valence-corrected chi connectivity index (χ2v) is 7.17. The zero-order chi connectivity index (χ0) is 16.5. The van der Waals surface area contributed by atoms with Crippen molar-refractivity contribution in [2.24, 2.45) is 5.92 Å². The van der Waals surface area contributed by atoms with Crippen LogP contribution in [0.25, 0.3) is 0 Å². The van der Waals surface area contributed by atoms with Crippen LogP contribution in [0.15, 0.2) is 28.8 Å². The molecule has 1 aliphatic heterocycles. The summed E-state index contributed by atoms with van der Waals surface area (Å²) in [6, 6.07) is 7.23. The molecule has 0 spiro atoms. The summed E-state index contributed by atoms with van der Waals surface area (Å²) < 4.78 is 5.38. The van der Waals surface area contributed by atoms with E-state index in [4.69, 9.17) is 16.1 Å². The van der Waals surface area contributed by atoms with Gasteiger partial charge in [0.25, 0.3) is 5.91 Å².